The van der Waals surface area contributed by atoms with Crippen LogP contribution in [-0.4, -0.2) is 93.6 Å². The summed E-state index contributed by atoms with van der Waals surface area (Å²) in [6.45, 7) is 0.362. The average Bonchev–Trinajstić information content (AvgIpc) is 3.05. The molecule has 0 aromatic heterocycles. The number of aromatic hydroxyl groups is 4. The minimum Gasteiger partial charge on any atom is -0.504 e. The second kappa shape index (κ2) is 11.1. The van der Waals surface area contributed by atoms with E-state index in [1.807, 2.05) is 0 Å². The smallest absolute Gasteiger partial charge is 0.320 e. The normalized spacial score (nSPS) is 19.9. The van der Waals surface area contributed by atoms with Crippen LogP contribution in [0.4, 0.5) is 0 Å². The number of phenolic OH excluding ortho intramolecular Hbond substituents is 4. The quantitative estimate of drug-likeness (QED) is 0.0633. The summed E-state index contributed by atoms with van der Waals surface area (Å²) in [4.78, 5) is 13.9. The number of fused-ring (bicyclic) bond motifs is 5. The molecule has 0 fully saturated rings. The number of benzene rings is 2. The molecule has 2 aromatic carbocycles. The largest absolute Gasteiger partial charge is 0.504 e. The third-order valence-electron chi connectivity index (χ3n) is 5.78. The van der Waals surface area contributed by atoms with E-state index in [1.54, 1.807) is 6.07 Å². The number of phenols is 4. The number of carboxylic acids is 1. The summed E-state index contributed by atoms with van der Waals surface area (Å²) >= 11 is 0. The molecule has 4 rings (SSSR count). The molecule has 0 saturated heterocycles. The number of aliphatic hydroxyl groups is 1. The van der Waals surface area contributed by atoms with Crippen LogP contribution >= 0.6 is 0 Å². The van der Waals surface area contributed by atoms with Gasteiger partial charge in [0.15, 0.2) is 29.0 Å². The van der Waals surface area contributed by atoms with Crippen molar-refractivity contribution in [3.63, 3.8) is 0 Å². The Bertz CT molecular complexity index is 1130. The second-order valence-electron chi connectivity index (χ2n) is 8.29. The van der Waals surface area contributed by atoms with E-state index in [9.17, 15) is 30.3 Å². The first-order valence-corrected chi connectivity index (χ1v) is 10.4. The maximum Gasteiger partial charge on any atom is 0.320 e. The van der Waals surface area contributed by atoms with Crippen LogP contribution in [0.5, 0.6) is 28.7 Å². The van der Waals surface area contributed by atoms with E-state index in [2.05, 4.69) is 4.99 Å². The van der Waals surface area contributed by atoms with Crippen molar-refractivity contribution in [2.24, 2.45) is 22.2 Å². The minimum atomic E-state index is -1.22. The summed E-state index contributed by atoms with van der Waals surface area (Å²) in [7, 11) is 0. The Kier molecular flexibility index (Phi) is 8.99. The molecule has 3 radical (unpaired) electrons. The van der Waals surface area contributed by atoms with Crippen molar-refractivity contribution in [1.29, 1.82) is 0 Å². The van der Waals surface area contributed by atoms with E-state index in [0.717, 1.165) is 0 Å². The van der Waals surface area contributed by atoms with Crippen molar-refractivity contribution in [3.05, 3.63) is 41.0 Å². The van der Waals surface area contributed by atoms with Crippen molar-refractivity contribution in [2.75, 3.05) is 13.2 Å². The summed E-state index contributed by atoms with van der Waals surface area (Å²) in [5.74, 6) is -2.53. The van der Waals surface area contributed by atoms with Crippen LogP contribution < -0.4 is 21.9 Å². The van der Waals surface area contributed by atoms with Crippen molar-refractivity contribution in [1.82, 2.24) is 0 Å². The number of carboxylic acid groups (broad SMARTS) is 1. The molecule has 1 unspecified atom stereocenters. The fourth-order valence-electron chi connectivity index (χ4n) is 4.17. The summed E-state index contributed by atoms with van der Waals surface area (Å²) in [6.07, 6.45) is 1.22. The first-order valence-electron chi connectivity index (χ1n) is 10.4. The zero-order chi connectivity index (χ0) is 25.2. The molecule has 0 bridgehead atoms. The van der Waals surface area contributed by atoms with Gasteiger partial charge in [0.05, 0.1) is 0 Å². The predicted octanol–water partition coefficient (Wildman–Crippen LogP) is -0.608. The molecule has 3 atom stereocenters. The van der Waals surface area contributed by atoms with E-state index >= 15 is 0 Å². The van der Waals surface area contributed by atoms with E-state index in [1.165, 1.54) is 18.2 Å². The van der Waals surface area contributed by atoms with Crippen LogP contribution in [0.1, 0.15) is 35.4 Å². The molecule has 1 aliphatic carbocycles. The Hall–Kier alpha value is -3.02. The van der Waals surface area contributed by atoms with E-state index < -0.39 is 23.5 Å². The third kappa shape index (κ3) is 5.98. The van der Waals surface area contributed by atoms with Crippen molar-refractivity contribution in [2.45, 2.75) is 36.8 Å². The van der Waals surface area contributed by atoms with Gasteiger partial charge in [0.2, 0.25) is 5.75 Å². The topological polar surface area (TPSA) is 238 Å². The molecule has 0 amide bonds. The summed E-state index contributed by atoms with van der Waals surface area (Å²) < 4.78 is 5.46. The Morgan fingerprint density at radius 3 is 2.40 bits per heavy atom. The number of aliphatic carboxylic acids is 1. The number of guanidine groups is 1. The first-order chi connectivity index (χ1) is 15.9. The Labute approximate surface area is 219 Å². The van der Waals surface area contributed by atoms with Gasteiger partial charge in [0.1, 0.15) is 18.2 Å². The number of carbonyl (C=O) groups is 1. The zero-order valence-electron chi connectivity index (χ0n) is 18.6. The molecular weight excluding hydrogens is 657 g/mol. The van der Waals surface area contributed by atoms with E-state index in [-0.39, 0.29) is 73.9 Å². The summed E-state index contributed by atoms with van der Waals surface area (Å²) in [5.41, 5.74) is 16.0. The minimum absolute atomic E-state index is 0. The number of hydrogen-bond donors (Lipinski definition) is 9. The maximum atomic E-state index is 10.9. The maximum absolute atomic E-state index is 10.9. The fourth-order valence-corrected chi connectivity index (χ4v) is 4.17. The molecule has 35 heavy (non-hydrogen) atoms. The van der Waals surface area contributed by atoms with Crippen LogP contribution in [0.3, 0.4) is 0 Å². The Morgan fingerprint density at radius 1 is 1.11 bits per heavy atom. The number of hydrogen-bond acceptors (Lipinski definition) is 9. The first kappa shape index (κ1) is 28.2. The Balaban J connectivity index is 0.000000288. The average molecular weight is 685 g/mol. The van der Waals surface area contributed by atoms with Gasteiger partial charge in [-0.05, 0) is 42.2 Å². The molecule has 12 N–H and O–H groups in total. The van der Waals surface area contributed by atoms with Gasteiger partial charge in [-0.2, -0.15) is 0 Å². The molecule has 12 nitrogen and oxygen atoms in total. The van der Waals surface area contributed by atoms with Gasteiger partial charge in [-0.1, -0.05) is 6.07 Å². The zero-order valence-corrected chi connectivity index (χ0v) is 22.1. The standard InChI is InChI=1S/C16H14O6.C6H14N4O2.Bi/c17-10-2-1-8-13-9-4-12(19)11(18)3-7(9)5-16(13,21)6-22-15(8)14(10)20;7-4(5(11)12)2-1-3-10-6(8)9;/h1-4,13,17-21H,5-6H2;4H,1-3,7H2,(H,11,12)(H4,8,9,10);/t13-,16+;;/m1../s1. The van der Waals surface area contributed by atoms with Crippen LogP contribution in [0, 0.1) is 0 Å². The van der Waals surface area contributed by atoms with Crippen LogP contribution in [-0.2, 0) is 11.2 Å². The molecule has 13 heteroatoms. The van der Waals surface area contributed by atoms with Crippen LogP contribution in [0.15, 0.2) is 29.3 Å². The van der Waals surface area contributed by atoms with Gasteiger partial charge in [0, 0.05) is 50.7 Å². The molecule has 1 aliphatic heterocycles. The monoisotopic (exact) mass is 685 g/mol. The molecule has 1 heterocycles. The SMILES string of the molecule is NC(N)=NCCCC(N)C(=O)O.Oc1cc2c(cc1O)[C@H]1c3ccc(O)c(O)c3OC[C@@]1(O)C2.[Bi]. The van der Waals surface area contributed by atoms with Gasteiger partial charge in [-0.25, -0.2) is 0 Å². The summed E-state index contributed by atoms with van der Waals surface area (Å²) in [6, 6.07) is 4.95. The van der Waals surface area contributed by atoms with Crippen molar-refractivity contribution >= 4 is 38.1 Å². The number of aliphatic imine (C=N–C) groups is 1. The number of ether oxygens (including phenoxy) is 1. The van der Waals surface area contributed by atoms with E-state index in [4.69, 9.17) is 27.0 Å². The molecule has 2 aliphatic rings. The molecule has 2 aromatic rings. The van der Waals surface area contributed by atoms with Crippen LogP contribution in [0.2, 0.25) is 0 Å². The van der Waals surface area contributed by atoms with E-state index in [0.29, 0.717) is 36.1 Å². The van der Waals surface area contributed by atoms with Gasteiger partial charge in [0.25, 0.3) is 0 Å². The molecule has 189 valence electrons. The van der Waals surface area contributed by atoms with Crippen molar-refractivity contribution < 1.29 is 40.2 Å². The van der Waals surface area contributed by atoms with Gasteiger partial charge < -0.3 is 52.6 Å². The van der Waals surface area contributed by atoms with Gasteiger partial charge >= 0.3 is 5.97 Å². The second-order valence-corrected chi connectivity index (χ2v) is 8.29. The van der Waals surface area contributed by atoms with Gasteiger partial charge in [-0.15, -0.1) is 0 Å². The molecule has 0 saturated carbocycles. The summed E-state index contributed by atoms with van der Waals surface area (Å²) in [5, 5.41) is 58.2. The number of rotatable bonds is 5. The molecular formula is C22H28BiN4O8. The van der Waals surface area contributed by atoms with Gasteiger partial charge in [-0.3, -0.25) is 9.79 Å². The van der Waals surface area contributed by atoms with Crippen molar-refractivity contribution in [3.8, 4) is 28.7 Å². The predicted molar refractivity (Wildman–Crippen MR) is 127 cm³/mol. The molecule has 0 spiro atoms. The number of nitrogens with zero attached hydrogens (tertiary/aromatic N) is 1. The fraction of sp³-hybridized carbons (Fsp3) is 0.364. The Morgan fingerprint density at radius 2 is 1.77 bits per heavy atom. The van der Waals surface area contributed by atoms with Crippen LogP contribution in [0.25, 0.3) is 0 Å². The third-order valence-corrected chi connectivity index (χ3v) is 5.78. The number of nitrogens with two attached hydrogens (primary N) is 3.